The molecule has 0 N–H and O–H groups in total. The topological polar surface area (TPSA) is 58.6 Å². The molecule has 0 aliphatic carbocycles. The zero-order chi connectivity index (χ0) is 11.3. The quantitative estimate of drug-likeness (QED) is 0.531. The second kappa shape index (κ2) is 7.54. The minimum absolute atomic E-state index is 0. The van der Waals surface area contributed by atoms with Gasteiger partial charge in [0.1, 0.15) is 17.6 Å². The molecule has 1 aromatic rings. The number of carboxylic acid groups (broad SMARTS) is 1. The zero-order valence-corrected chi connectivity index (χ0v) is 11.7. The minimum Gasteiger partial charge on any atom is -0.546 e. The van der Waals surface area contributed by atoms with E-state index in [9.17, 15) is 9.90 Å². The largest absolute Gasteiger partial charge is 1.00 e. The molecule has 1 aromatic carbocycles. The Labute approximate surface area is 117 Å². The molecule has 1 unspecified atom stereocenters. The summed E-state index contributed by atoms with van der Waals surface area (Å²) in [5, 5.41) is 10.4. The first-order chi connectivity index (χ1) is 7.13. The van der Waals surface area contributed by atoms with E-state index in [0.29, 0.717) is 12.4 Å². The van der Waals surface area contributed by atoms with Crippen LogP contribution in [0.15, 0.2) is 24.3 Å². The summed E-state index contributed by atoms with van der Waals surface area (Å²) in [6, 6.07) is 6.76. The fourth-order valence-corrected chi connectivity index (χ4v) is 1.03. The van der Waals surface area contributed by atoms with Crippen molar-refractivity contribution in [1.29, 1.82) is 0 Å². The van der Waals surface area contributed by atoms with Crippen molar-refractivity contribution in [2.24, 2.45) is 0 Å². The average molecular weight is 232 g/mol. The molecule has 5 heteroatoms. The summed E-state index contributed by atoms with van der Waals surface area (Å²) in [5.41, 5.74) is 0. The number of carboxylic acids is 1. The van der Waals surface area contributed by atoms with Gasteiger partial charge < -0.3 is 19.4 Å². The molecule has 1 rings (SSSR count). The van der Waals surface area contributed by atoms with Gasteiger partial charge in [0.05, 0.1) is 12.6 Å². The molecule has 16 heavy (non-hydrogen) atoms. The van der Waals surface area contributed by atoms with E-state index in [0.717, 1.165) is 5.75 Å². The molecule has 4 nitrogen and oxygen atoms in total. The van der Waals surface area contributed by atoms with E-state index >= 15 is 0 Å². The third-order valence-corrected chi connectivity index (χ3v) is 1.78. The molecule has 0 aliphatic heterocycles. The zero-order valence-electron chi connectivity index (χ0n) is 9.73. The molecular formula is C11H13NaO4. The third-order valence-electron chi connectivity index (χ3n) is 1.78. The van der Waals surface area contributed by atoms with Gasteiger partial charge in [0, 0.05) is 0 Å². The van der Waals surface area contributed by atoms with E-state index < -0.39 is 12.1 Å². The first kappa shape index (κ1) is 15.3. The first-order valence-corrected chi connectivity index (χ1v) is 4.74. The number of hydrogen-bond donors (Lipinski definition) is 0. The molecular weight excluding hydrogens is 219 g/mol. The summed E-state index contributed by atoms with van der Waals surface area (Å²) < 4.78 is 10.3. The number of carbonyl (C=O) groups is 1. The van der Waals surface area contributed by atoms with Gasteiger partial charge in [-0.05, 0) is 38.1 Å². The summed E-state index contributed by atoms with van der Waals surface area (Å²) in [6.07, 6.45) is -0.956. The summed E-state index contributed by atoms with van der Waals surface area (Å²) in [4.78, 5) is 10.4. The molecule has 0 bridgehead atoms. The van der Waals surface area contributed by atoms with Gasteiger partial charge in [0.25, 0.3) is 0 Å². The van der Waals surface area contributed by atoms with Gasteiger partial charge in [-0.3, -0.25) is 0 Å². The Balaban J connectivity index is 0.00000225. The summed E-state index contributed by atoms with van der Waals surface area (Å²) in [7, 11) is 0. The van der Waals surface area contributed by atoms with Gasteiger partial charge in [0.2, 0.25) is 0 Å². The molecule has 0 saturated heterocycles. The van der Waals surface area contributed by atoms with Crippen molar-refractivity contribution in [3.05, 3.63) is 24.3 Å². The van der Waals surface area contributed by atoms with E-state index in [1.165, 1.54) is 6.92 Å². The van der Waals surface area contributed by atoms with Crippen LogP contribution in [0, 0.1) is 0 Å². The maximum absolute atomic E-state index is 10.4. The normalized spacial score (nSPS) is 11.1. The average Bonchev–Trinajstić information content (AvgIpc) is 2.21. The Morgan fingerprint density at radius 3 is 2.25 bits per heavy atom. The number of benzene rings is 1. The summed E-state index contributed by atoms with van der Waals surface area (Å²) >= 11 is 0. The monoisotopic (exact) mass is 232 g/mol. The van der Waals surface area contributed by atoms with Crippen LogP contribution in [-0.4, -0.2) is 18.7 Å². The third kappa shape index (κ3) is 4.88. The number of ether oxygens (including phenoxy) is 2. The molecule has 0 spiro atoms. The number of rotatable bonds is 5. The minimum atomic E-state index is -1.23. The fraction of sp³-hybridized carbons (Fsp3) is 0.364. The molecule has 1 atom stereocenters. The van der Waals surface area contributed by atoms with Gasteiger partial charge in [-0.25, -0.2) is 0 Å². The van der Waals surface area contributed by atoms with Crippen molar-refractivity contribution >= 4 is 5.97 Å². The maximum atomic E-state index is 10.4. The maximum Gasteiger partial charge on any atom is 1.00 e. The summed E-state index contributed by atoms with van der Waals surface area (Å²) in [6.45, 7) is 3.91. The first-order valence-electron chi connectivity index (χ1n) is 4.74. The Morgan fingerprint density at radius 2 is 1.81 bits per heavy atom. The molecule has 0 saturated carbocycles. The van der Waals surface area contributed by atoms with Crippen molar-refractivity contribution in [3.8, 4) is 11.5 Å². The molecule has 82 valence electrons. The van der Waals surface area contributed by atoms with Gasteiger partial charge in [-0.15, -0.1) is 0 Å². The Hall–Kier alpha value is -0.710. The summed E-state index contributed by atoms with van der Waals surface area (Å²) in [5.74, 6) is -0.0232. The van der Waals surface area contributed by atoms with Gasteiger partial charge in [-0.1, -0.05) is 0 Å². The predicted molar refractivity (Wildman–Crippen MR) is 52.7 cm³/mol. The van der Waals surface area contributed by atoms with E-state index in [4.69, 9.17) is 9.47 Å². The van der Waals surface area contributed by atoms with Crippen LogP contribution in [-0.2, 0) is 4.79 Å². The molecule has 0 amide bonds. The van der Waals surface area contributed by atoms with E-state index in [2.05, 4.69) is 0 Å². The van der Waals surface area contributed by atoms with Crippen LogP contribution in [0.3, 0.4) is 0 Å². The predicted octanol–water partition coefficient (Wildman–Crippen LogP) is -2.39. The van der Waals surface area contributed by atoms with Crippen LogP contribution in [0.1, 0.15) is 13.8 Å². The van der Waals surface area contributed by atoms with Crippen LogP contribution in [0.4, 0.5) is 0 Å². The Morgan fingerprint density at radius 1 is 1.31 bits per heavy atom. The Kier molecular flexibility index (Phi) is 7.21. The molecule has 0 fully saturated rings. The van der Waals surface area contributed by atoms with Crippen molar-refractivity contribution in [1.82, 2.24) is 0 Å². The second-order valence-corrected chi connectivity index (χ2v) is 2.98. The molecule has 0 radical (unpaired) electrons. The van der Waals surface area contributed by atoms with Crippen molar-refractivity contribution < 1.29 is 48.9 Å². The van der Waals surface area contributed by atoms with Crippen molar-refractivity contribution in [2.75, 3.05) is 6.61 Å². The number of hydrogen-bond acceptors (Lipinski definition) is 4. The van der Waals surface area contributed by atoms with Crippen LogP contribution in [0.5, 0.6) is 11.5 Å². The van der Waals surface area contributed by atoms with Gasteiger partial charge in [-0.2, -0.15) is 0 Å². The van der Waals surface area contributed by atoms with Gasteiger partial charge >= 0.3 is 29.6 Å². The van der Waals surface area contributed by atoms with Crippen LogP contribution in [0.25, 0.3) is 0 Å². The van der Waals surface area contributed by atoms with E-state index in [-0.39, 0.29) is 29.6 Å². The standard InChI is InChI=1S/C11H14O4.Na/c1-3-14-9-4-6-10(7-5-9)15-8(2)11(12)13;/h4-8H,3H2,1-2H3,(H,12,13);/q;+1/p-1. The molecule has 0 heterocycles. The second-order valence-electron chi connectivity index (χ2n) is 2.98. The van der Waals surface area contributed by atoms with Gasteiger partial charge in [0.15, 0.2) is 0 Å². The molecule has 0 aromatic heterocycles. The van der Waals surface area contributed by atoms with E-state index in [1.807, 2.05) is 6.92 Å². The van der Waals surface area contributed by atoms with Crippen molar-refractivity contribution in [2.45, 2.75) is 20.0 Å². The number of carbonyl (C=O) groups excluding carboxylic acids is 1. The van der Waals surface area contributed by atoms with Crippen LogP contribution in [0.2, 0.25) is 0 Å². The van der Waals surface area contributed by atoms with Crippen molar-refractivity contribution in [3.63, 3.8) is 0 Å². The van der Waals surface area contributed by atoms with Crippen LogP contribution < -0.4 is 44.1 Å². The fourth-order valence-electron chi connectivity index (χ4n) is 1.03. The van der Waals surface area contributed by atoms with Crippen LogP contribution >= 0.6 is 0 Å². The smallest absolute Gasteiger partial charge is 0.546 e. The Bertz CT molecular complexity index is 323. The number of aliphatic carboxylic acids is 1. The SMILES string of the molecule is CCOc1ccc(OC(C)C(=O)[O-])cc1.[Na+]. The van der Waals surface area contributed by atoms with E-state index in [1.54, 1.807) is 24.3 Å². The molecule has 0 aliphatic rings.